The molecule has 0 radical (unpaired) electrons. The van der Waals surface area contributed by atoms with Crippen molar-refractivity contribution in [3.05, 3.63) is 89.5 Å². The van der Waals surface area contributed by atoms with Gasteiger partial charge >= 0.3 is 0 Å². The molecule has 3 aromatic carbocycles. The first kappa shape index (κ1) is 16.7. The maximum Gasteiger partial charge on any atom is 0.265 e. The van der Waals surface area contributed by atoms with Gasteiger partial charge in [0.25, 0.3) is 10.0 Å². The van der Waals surface area contributed by atoms with Crippen LogP contribution >= 0.6 is 0 Å². The van der Waals surface area contributed by atoms with E-state index in [0.29, 0.717) is 16.3 Å². The molecule has 0 aromatic heterocycles. The van der Waals surface area contributed by atoms with Crippen molar-refractivity contribution in [2.24, 2.45) is 0 Å². The Morgan fingerprint density at radius 1 is 0.885 bits per heavy atom. The summed E-state index contributed by atoms with van der Waals surface area (Å²) in [6.45, 7) is 2.02. The quantitative estimate of drug-likeness (QED) is 0.695. The molecule has 4 nitrogen and oxygen atoms in total. The highest BCUT2D eigenvalue weighted by Gasteiger charge is 2.43. The van der Waals surface area contributed by atoms with Gasteiger partial charge in [-0.05, 0) is 42.8 Å². The lowest BCUT2D eigenvalue weighted by molar-refractivity contribution is 0.415. The van der Waals surface area contributed by atoms with Gasteiger partial charge in [-0.2, -0.15) is 0 Å². The van der Waals surface area contributed by atoms with Crippen LogP contribution in [0.1, 0.15) is 22.7 Å². The fourth-order valence-corrected chi connectivity index (χ4v) is 5.25. The summed E-state index contributed by atoms with van der Waals surface area (Å²) in [5, 5.41) is 0. The first-order chi connectivity index (χ1) is 12.5. The molecule has 1 atom stereocenters. The van der Waals surface area contributed by atoms with E-state index >= 15 is 0 Å². The van der Waals surface area contributed by atoms with Gasteiger partial charge in [-0.25, -0.2) is 8.42 Å². The standard InChI is InChI=1S/C21H19NO3S/c1-15-7-9-16(10-8-15)21-19-5-3-4-6-20(19)26(23,24)22(21)17-11-13-18(25-2)14-12-17/h3-14,21H,1-2H3. The minimum atomic E-state index is -3.63. The van der Waals surface area contributed by atoms with Gasteiger partial charge in [0.2, 0.25) is 0 Å². The fourth-order valence-electron chi connectivity index (χ4n) is 3.39. The predicted molar refractivity (Wildman–Crippen MR) is 102 cm³/mol. The predicted octanol–water partition coefficient (Wildman–Crippen LogP) is 4.30. The van der Waals surface area contributed by atoms with Gasteiger partial charge < -0.3 is 4.74 Å². The number of benzene rings is 3. The average molecular weight is 365 g/mol. The van der Waals surface area contributed by atoms with Gasteiger partial charge in [-0.1, -0.05) is 48.0 Å². The molecule has 4 rings (SSSR count). The van der Waals surface area contributed by atoms with E-state index in [0.717, 1.165) is 16.7 Å². The third-order valence-corrected chi connectivity index (χ3v) is 6.57. The minimum absolute atomic E-state index is 0.362. The number of hydrogen-bond acceptors (Lipinski definition) is 3. The Morgan fingerprint density at radius 3 is 2.19 bits per heavy atom. The van der Waals surface area contributed by atoms with Crippen LogP contribution in [0.15, 0.2) is 77.7 Å². The third kappa shape index (κ3) is 2.56. The van der Waals surface area contributed by atoms with E-state index in [1.165, 1.54) is 4.31 Å². The van der Waals surface area contributed by atoms with Crippen LogP contribution in [0.2, 0.25) is 0 Å². The Balaban J connectivity index is 1.93. The third-order valence-electron chi connectivity index (χ3n) is 4.70. The van der Waals surface area contributed by atoms with Crippen LogP contribution < -0.4 is 9.04 Å². The summed E-state index contributed by atoms with van der Waals surface area (Å²) in [6, 6.07) is 22.0. The second-order valence-electron chi connectivity index (χ2n) is 6.35. The number of sulfonamides is 1. The molecule has 26 heavy (non-hydrogen) atoms. The van der Waals surface area contributed by atoms with Crippen molar-refractivity contribution in [2.75, 3.05) is 11.4 Å². The summed E-state index contributed by atoms with van der Waals surface area (Å²) in [5.74, 6) is 0.690. The highest BCUT2D eigenvalue weighted by molar-refractivity contribution is 7.93. The summed E-state index contributed by atoms with van der Waals surface area (Å²) in [6.07, 6.45) is 0. The fraction of sp³-hybridized carbons (Fsp3) is 0.143. The number of hydrogen-bond donors (Lipinski definition) is 0. The number of methoxy groups -OCH3 is 1. The van der Waals surface area contributed by atoms with Crippen LogP contribution in [0.3, 0.4) is 0 Å². The van der Waals surface area contributed by atoms with Crippen LogP contribution in [0.25, 0.3) is 0 Å². The monoisotopic (exact) mass is 365 g/mol. The Hall–Kier alpha value is -2.79. The molecular formula is C21H19NO3S. The van der Waals surface area contributed by atoms with Gasteiger partial charge in [0.1, 0.15) is 5.75 Å². The molecule has 132 valence electrons. The molecule has 5 heteroatoms. The van der Waals surface area contributed by atoms with E-state index in [9.17, 15) is 8.42 Å². The van der Waals surface area contributed by atoms with Crippen molar-refractivity contribution >= 4 is 15.7 Å². The Morgan fingerprint density at radius 2 is 1.54 bits per heavy atom. The van der Waals surface area contributed by atoms with Crippen LogP contribution in [-0.2, 0) is 10.0 Å². The van der Waals surface area contributed by atoms with Crippen molar-refractivity contribution < 1.29 is 13.2 Å². The molecule has 0 aliphatic carbocycles. The van der Waals surface area contributed by atoms with Crippen molar-refractivity contribution in [1.82, 2.24) is 0 Å². The maximum atomic E-state index is 13.3. The highest BCUT2D eigenvalue weighted by atomic mass is 32.2. The Labute approximate surface area is 153 Å². The molecular weight excluding hydrogens is 346 g/mol. The number of aryl methyl sites for hydroxylation is 1. The van der Waals surface area contributed by atoms with Crippen molar-refractivity contribution in [1.29, 1.82) is 0 Å². The summed E-state index contributed by atoms with van der Waals surface area (Å²) in [4.78, 5) is 0.362. The van der Waals surface area contributed by atoms with E-state index in [1.54, 1.807) is 43.5 Å². The molecule has 3 aromatic rings. The van der Waals surface area contributed by atoms with Crippen LogP contribution in [0, 0.1) is 6.92 Å². The van der Waals surface area contributed by atoms with Crippen molar-refractivity contribution in [3.63, 3.8) is 0 Å². The second-order valence-corrected chi connectivity index (χ2v) is 8.13. The minimum Gasteiger partial charge on any atom is -0.497 e. The molecule has 0 bridgehead atoms. The lowest BCUT2D eigenvalue weighted by Crippen LogP contribution is -2.28. The molecule has 0 fully saturated rings. The summed E-state index contributed by atoms with van der Waals surface area (Å²) in [7, 11) is -2.04. The zero-order valence-corrected chi connectivity index (χ0v) is 15.4. The molecule has 0 amide bonds. The number of rotatable bonds is 3. The topological polar surface area (TPSA) is 46.6 Å². The largest absolute Gasteiger partial charge is 0.497 e. The summed E-state index contributed by atoms with van der Waals surface area (Å²) in [5.41, 5.74) is 3.50. The zero-order chi connectivity index (χ0) is 18.3. The smallest absolute Gasteiger partial charge is 0.265 e. The van der Waals surface area contributed by atoms with Crippen molar-refractivity contribution in [2.45, 2.75) is 17.9 Å². The first-order valence-corrected chi connectivity index (χ1v) is 9.80. The molecule has 0 saturated heterocycles. The number of fused-ring (bicyclic) bond motifs is 1. The highest BCUT2D eigenvalue weighted by Crippen LogP contribution is 2.46. The van der Waals surface area contributed by atoms with Gasteiger partial charge in [0, 0.05) is 5.56 Å². The maximum absolute atomic E-state index is 13.3. The first-order valence-electron chi connectivity index (χ1n) is 8.36. The molecule has 1 aliphatic heterocycles. The van der Waals surface area contributed by atoms with E-state index in [-0.39, 0.29) is 6.04 Å². The van der Waals surface area contributed by atoms with Gasteiger partial charge in [0.15, 0.2) is 0 Å². The van der Waals surface area contributed by atoms with Crippen LogP contribution in [-0.4, -0.2) is 15.5 Å². The van der Waals surface area contributed by atoms with Gasteiger partial charge in [-0.3, -0.25) is 4.31 Å². The molecule has 0 N–H and O–H groups in total. The van der Waals surface area contributed by atoms with E-state index in [2.05, 4.69) is 0 Å². The zero-order valence-electron chi connectivity index (χ0n) is 14.6. The Bertz CT molecular complexity index is 1040. The summed E-state index contributed by atoms with van der Waals surface area (Å²) >= 11 is 0. The summed E-state index contributed by atoms with van der Waals surface area (Å²) < 4.78 is 33.3. The molecule has 0 saturated carbocycles. The van der Waals surface area contributed by atoms with Crippen LogP contribution in [0.4, 0.5) is 5.69 Å². The Kier molecular flexibility index (Phi) is 3.96. The molecule has 1 aliphatic rings. The van der Waals surface area contributed by atoms with Gasteiger partial charge in [0.05, 0.1) is 23.7 Å². The molecule has 0 spiro atoms. The average Bonchev–Trinajstić information content (AvgIpc) is 2.90. The molecule has 1 heterocycles. The lowest BCUT2D eigenvalue weighted by Gasteiger charge is -2.26. The number of anilines is 1. The van der Waals surface area contributed by atoms with E-state index < -0.39 is 10.0 Å². The van der Waals surface area contributed by atoms with Crippen LogP contribution in [0.5, 0.6) is 5.75 Å². The second kappa shape index (κ2) is 6.18. The number of ether oxygens (including phenoxy) is 1. The normalized spacial score (nSPS) is 17.8. The van der Waals surface area contributed by atoms with E-state index in [1.807, 2.05) is 43.3 Å². The SMILES string of the molecule is COc1ccc(N2C(c3ccc(C)cc3)c3ccccc3S2(=O)=O)cc1. The van der Waals surface area contributed by atoms with Crippen molar-refractivity contribution in [3.8, 4) is 5.75 Å². The molecule has 1 unspecified atom stereocenters. The lowest BCUT2D eigenvalue weighted by atomic mass is 9.97. The number of nitrogens with zero attached hydrogens (tertiary/aromatic N) is 1. The van der Waals surface area contributed by atoms with Gasteiger partial charge in [-0.15, -0.1) is 0 Å². The van der Waals surface area contributed by atoms with E-state index in [4.69, 9.17) is 4.74 Å².